The van der Waals surface area contributed by atoms with Crippen molar-refractivity contribution in [2.45, 2.75) is 26.8 Å². The third kappa shape index (κ3) is 4.20. The maximum Gasteiger partial charge on any atom is 0.278 e. The van der Waals surface area contributed by atoms with Gasteiger partial charge in [0.25, 0.3) is 11.8 Å². The van der Waals surface area contributed by atoms with Gasteiger partial charge in [0.15, 0.2) is 0 Å². The number of benzene rings is 2. The van der Waals surface area contributed by atoms with Gasteiger partial charge in [-0.15, -0.1) is 0 Å². The van der Waals surface area contributed by atoms with Crippen LogP contribution < -0.4 is 15.5 Å². The summed E-state index contributed by atoms with van der Waals surface area (Å²) in [7, 11) is 3.90. The first-order valence-electron chi connectivity index (χ1n) is 9.73. The Morgan fingerprint density at radius 1 is 0.900 bits per heavy atom. The number of nitrogens with zero attached hydrogens (tertiary/aromatic N) is 2. The zero-order chi connectivity index (χ0) is 22.0. The molecule has 2 aromatic rings. The van der Waals surface area contributed by atoms with Crippen LogP contribution in [-0.4, -0.2) is 42.8 Å². The van der Waals surface area contributed by atoms with E-state index in [0.717, 1.165) is 11.4 Å². The molecular weight excluding hydrogens is 380 g/mol. The van der Waals surface area contributed by atoms with Gasteiger partial charge >= 0.3 is 0 Å². The molecule has 7 heteroatoms. The van der Waals surface area contributed by atoms with Gasteiger partial charge in [-0.3, -0.25) is 19.3 Å². The van der Waals surface area contributed by atoms with E-state index in [1.165, 1.54) is 11.8 Å². The second-order valence-electron chi connectivity index (χ2n) is 7.65. The molecule has 0 saturated heterocycles. The molecule has 0 saturated carbocycles. The fraction of sp³-hybridized carbons (Fsp3) is 0.261. The number of hydrogen-bond donors (Lipinski definition) is 2. The molecule has 3 amide bonds. The monoisotopic (exact) mass is 406 g/mol. The fourth-order valence-electron chi connectivity index (χ4n) is 3.31. The van der Waals surface area contributed by atoms with Crippen LogP contribution in [0.4, 0.5) is 17.1 Å². The predicted molar refractivity (Wildman–Crippen MR) is 119 cm³/mol. The molecule has 0 bridgehead atoms. The highest BCUT2D eigenvalue weighted by Gasteiger charge is 2.40. The third-order valence-corrected chi connectivity index (χ3v) is 4.78. The van der Waals surface area contributed by atoms with Crippen LogP contribution in [0.5, 0.6) is 0 Å². The molecule has 0 aliphatic carbocycles. The van der Waals surface area contributed by atoms with Gasteiger partial charge in [-0.05, 0) is 55.8 Å². The zero-order valence-electron chi connectivity index (χ0n) is 17.8. The Labute approximate surface area is 176 Å². The minimum Gasteiger partial charge on any atom is -0.378 e. The van der Waals surface area contributed by atoms with E-state index in [0.29, 0.717) is 16.8 Å². The van der Waals surface area contributed by atoms with Crippen molar-refractivity contribution in [2.75, 3.05) is 29.6 Å². The molecule has 1 aliphatic heterocycles. The van der Waals surface area contributed by atoms with Gasteiger partial charge in [-0.25, -0.2) is 0 Å². The maximum atomic E-state index is 13.1. The normalized spacial score (nSPS) is 13.9. The van der Waals surface area contributed by atoms with Gasteiger partial charge in [0, 0.05) is 44.1 Å². The predicted octanol–water partition coefficient (Wildman–Crippen LogP) is 3.31. The number of anilines is 3. The smallest absolute Gasteiger partial charge is 0.278 e. The van der Waals surface area contributed by atoms with E-state index in [2.05, 4.69) is 10.6 Å². The Kier molecular flexibility index (Phi) is 5.91. The van der Waals surface area contributed by atoms with E-state index < -0.39 is 0 Å². The van der Waals surface area contributed by atoms with Crippen molar-refractivity contribution in [3.05, 3.63) is 59.8 Å². The van der Waals surface area contributed by atoms with Crippen molar-refractivity contribution >= 4 is 40.4 Å². The molecule has 0 spiro atoms. The first kappa shape index (κ1) is 21.1. The molecule has 30 heavy (non-hydrogen) atoms. The van der Waals surface area contributed by atoms with Crippen LogP contribution in [0.25, 0.3) is 5.57 Å². The van der Waals surface area contributed by atoms with Crippen LogP contribution in [0, 0.1) is 0 Å². The van der Waals surface area contributed by atoms with Crippen LogP contribution in [0.2, 0.25) is 0 Å². The average molecular weight is 406 g/mol. The lowest BCUT2D eigenvalue weighted by Crippen LogP contribution is -2.38. The molecule has 1 aliphatic rings. The Balaban J connectivity index is 2.01. The summed E-state index contributed by atoms with van der Waals surface area (Å²) < 4.78 is 0. The molecule has 2 aromatic carbocycles. The minimum absolute atomic E-state index is 0.177. The second-order valence-corrected chi connectivity index (χ2v) is 7.65. The van der Waals surface area contributed by atoms with Crippen LogP contribution in [0.15, 0.2) is 54.2 Å². The summed E-state index contributed by atoms with van der Waals surface area (Å²) in [6.07, 6.45) is 0. The number of imide groups is 1. The summed E-state index contributed by atoms with van der Waals surface area (Å²) in [5.41, 5.74) is 3.55. The van der Waals surface area contributed by atoms with Crippen molar-refractivity contribution in [1.29, 1.82) is 0 Å². The molecule has 0 atom stereocenters. The minimum atomic E-state index is -0.354. The summed E-state index contributed by atoms with van der Waals surface area (Å²) >= 11 is 0. The van der Waals surface area contributed by atoms with E-state index in [9.17, 15) is 14.4 Å². The molecule has 0 fully saturated rings. The highest BCUT2D eigenvalue weighted by atomic mass is 16.2. The molecule has 0 aromatic heterocycles. The SMILES string of the molecule is CC(=O)Nc1ccc(C2=C(Nc3ccc(N(C)C)cc3)C(=O)N(C(C)C)C2=O)cc1. The summed E-state index contributed by atoms with van der Waals surface area (Å²) in [6, 6.07) is 14.2. The van der Waals surface area contributed by atoms with Crippen molar-refractivity contribution < 1.29 is 14.4 Å². The quantitative estimate of drug-likeness (QED) is 0.720. The van der Waals surface area contributed by atoms with E-state index in [-0.39, 0.29) is 29.5 Å². The number of rotatable bonds is 6. The number of carbonyl (C=O) groups is 3. The van der Waals surface area contributed by atoms with E-state index in [1.807, 2.05) is 57.1 Å². The fourth-order valence-corrected chi connectivity index (χ4v) is 3.31. The number of hydrogen-bond acceptors (Lipinski definition) is 5. The van der Waals surface area contributed by atoms with Crippen LogP contribution >= 0.6 is 0 Å². The molecule has 2 N–H and O–H groups in total. The Hall–Kier alpha value is -3.61. The first-order chi connectivity index (χ1) is 14.2. The molecule has 7 nitrogen and oxygen atoms in total. The number of amides is 3. The van der Waals surface area contributed by atoms with Crippen LogP contribution in [-0.2, 0) is 14.4 Å². The summed E-state index contributed by atoms with van der Waals surface area (Å²) in [4.78, 5) is 40.6. The second kappa shape index (κ2) is 8.41. The maximum absolute atomic E-state index is 13.1. The van der Waals surface area contributed by atoms with Gasteiger partial charge in [-0.2, -0.15) is 0 Å². The Morgan fingerprint density at radius 2 is 1.47 bits per heavy atom. The standard InChI is InChI=1S/C23H26N4O3/c1-14(2)27-22(29)20(16-6-8-17(9-7-16)24-15(3)28)21(23(27)30)25-18-10-12-19(13-11-18)26(4)5/h6-14,25H,1-5H3,(H,24,28). The summed E-state index contributed by atoms with van der Waals surface area (Å²) in [5.74, 6) is -0.870. The van der Waals surface area contributed by atoms with Crippen LogP contribution in [0.1, 0.15) is 26.3 Å². The molecule has 1 heterocycles. The van der Waals surface area contributed by atoms with Gasteiger partial charge in [0.2, 0.25) is 5.91 Å². The number of carbonyl (C=O) groups excluding carboxylic acids is 3. The Bertz CT molecular complexity index is 1010. The van der Waals surface area contributed by atoms with Gasteiger partial charge < -0.3 is 15.5 Å². The van der Waals surface area contributed by atoms with E-state index >= 15 is 0 Å². The van der Waals surface area contributed by atoms with Gasteiger partial charge in [-0.1, -0.05) is 12.1 Å². The first-order valence-corrected chi connectivity index (χ1v) is 9.73. The largest absolute Gasteiger partial charge is 0.378 e. The van der Waals surface area contributed by atoms with Gasteiger partial charge in [0.05, 0.1) is 5.57 Å². The molecule has 0 unspecified atom stereocenters. The van der Waals surface area contributed by atoms with Crippen molar-refractivity contribution in [3.63, 3.8) is 0 Å². The highest BCUT2D eigenvalue weighted by molar-refractivity contribution is 6.36. The van der Waals surface area contributed by atoms with Gasteiger partial charge in [0.1, 0.15) is 5.70 Å². The number of nitrogens with one attached hydrogen (secondary N) is 2. The topological polar surface area (TPSA) is 81.8 Å². The van der Waals surface area contributed by atoms with E-state index in [1.54, 1.807) is 24.3 Å². The lowest BCUT2D eigenvalue weighted by atomic mass is 10.0. The van der Waals surface area contributed by atoms with Crippen molar-refractivity contribution in [1.82, 2.24) is 4.90 Å². The van der Waals surface area contributed by atoms with Crippen molar-refractivity contribution in [3.8, 4) is 0 Å². The Morgan fingerprint density at radius 3 is 1.97 bits per heavy atom. The summed E-state index contributed by atoms with van der Waals surface area (Å²) in [6.45, 7) is 5.05. The lowest BCUT2D eigenvalue weighted by molar-refractivity contribution is -0.138. The zero-order valence-corrected chi connectivity index (χ0v) is 17.8. The van der Waals surface area contributed by atoms with Crippen LogP contribution in [0.3, 0.4) is 0 Å². The molecular formula is C23H26N4O3. The molecule has 3 rings (SSSR count). The summed E-state index contributed by atoms with van der Waals surface area (Å²) in [5, 5.41) is 5.84. The van der Waals surface area contributed by atoms with E-state index in [4.69, 9.17) is 0 Å². The third-order valence-electron chi connectivity index (χ3n) is 4.78. The average Bonchev–Trinajstić information content (AvgIpc) is 2.92. The molecule has 0 radical (unpaired) electrons. The molecule has 156 valence electrons. The van der Waals surface area contributed by atoms with Crippen molar-refractivity contribution in [2.24, 2.45) is 0 Å². The lowest BCUT2D eigenvalue weighted by Gasteiger charge is -2.19. The highest BCUT2D eigenvalue weighted by Crippen LogP contribution is 2.32.